The highest BCUT2D eigenvalue weighted by molar-refractivity contribution is 5.82. The Morgan fingerprint density at radius 1 is 1.19 bits per heavy atom. The molecule has 2 N–H and O–H groups in total. The summed E-state index contributed by atoms with van der Waals surface area (Å²) in [5.74, 6) is 0. The lowest BCUT2D eigenvalue weighted by Gasteiger charge is -2.06. The summed E-state index contributed by atoms with van der Waals surface area (Å²) in [4.78, 5) is 4.36. The molecule has 1 aliphatic rings. The fraction of sp³-hybridized carbons (Fsp3) is 0.154. The van der Waals surface area contributed by atoms with Crippen LogP contribution in [0.1, 0.15) is 5.56 Å². The normalized spacial score (nSPS) is 14.4. The molecule has 0 aliphatic carbocycles. The van der Waals surface area contributed by atoms with E-state index < -0.39 is 0 Å². The third-order valence-corrected chi connectivity index (χ3v) is 2.81. The Bertz CT molecular complexity index is 540. The lowest BCUT2D eigenvalue weighted by Crippen LogP contribution is -2.15. The number of fused-ring (bicyclic) bond motifs is 1. The van der Waals surface area contributed by atoms with Gasteiger partial charge in [0.25, 0.3) is 0 Å². The molecular weight excluding hydrogens is 198 g/mol. The maximum atomic E-state index is 4.36. The molecule has 2 heterocycles. The molecule has 3 rings (SSSR count). The van der Waals surface area contributed by atoms with Crippen LogP contribution in [0.5, 0.6) is 0 Å². The number of allylic oxidation sites excluding steroid dienone is 1. The van der Waals surface area contributed by atoms with Crippen LogP contribution >= 0.6 is 0 Å². The van der Waals surface area contributed by atoms with Gasteiger partial charge >= 0.3 is 0 Å². The number of hydrogen-bond acceptors (Lipinski definition) is 3. The van der Waals surface area contributed by atoms with Crippen LogP contribution in [-0.4, -0.2) is 11.7 Å². The van der Waals surface area contributed by atoms with E-state index >= 15 is 0 Å². The number of nitrogens with one attached hydrogen (secondary N) is 2. The average Bonchev–Trinajstić information content (AvgIpc) is 2.82. The van der Waals surface area contributed by atoms with Gasteiger partial charge in [0, 0.05) is 29.9 Å². The Kier molecular flexibility index (Phi) is 2.22. The number of rotatable bonds is 2. The summed E-state index contributed by atoms with van der Waals surface area (Å²) in [6.45, 7) is 0.832. The lowest BCUT2D eigenvalue weighted by molar-refractivity contribution is 0.798. The van der Waals surface area contributed by atoms with Crippen molar-refractivity contribution in [2.45, 2.75) is 6.42 Å². The largest absolute Gasteiger partial charge is 0.372 e. The highest BCUT2D eigenvalue weighted by Crippen LogP contribution is 2.18. The van der Waals surface area contributed by atoms with Gasteiger partial charge in [-0.05, 0) is 17.7 Å². The number of nitrogens with zero attached hydrogens (tertiary/aromatic N) is 1. The first-order valence-electron chi connectivity index (χ1n) is 5.42. The van der Waals surface area contributed by atoms with E-state index in [0.29, 0.717) is 0 Å². The maximum absolute atomic E-state index is 4.36. The molecule has 0 atom stereocenters. The van der Waals surface area contributed by atoms with Gasteiger partial charge in [0.05, 0.1) is 12.2 Å². The van der Waals surface area contributed by atoms with Gasteiger partial charge in [-0.25, -0.2) is 0 Å². The Labute approximate surface area is 94.2 Å². The average molecular weight is 211 g/mol. The molecule has 3 nitrogen and oxygen atoms in total. The van der Waals surface area contributed by atoms with Crippen molar-refractivity contribution in [2.24, 2.45) is 0 Å². The van der Waals surface area contributed by atoms with Gasteiger partial charge in [0.2, 0.25) is 0 Å². The number of hydrogen-bond donors (Lipinski definition) is 2. The summed E-state index contributed by atoms with van der Waals surface area (Å²) in [5, 5.41) is 7.69. The van der Waals surface area contributed by atoms with Crippen LogP contribution in [0.25, 0.3) is 10.9 Å². The second-order valence-electron chi connectivity index (χ2n) is 3.89. The molecule has 80 valence electrons. The van der Waals surface area contributed by atoms with Crippen molar-refractivity contribution in [3.8, 4) is 0 Å². The monoisotopic (exact) mass is 211 g/mol. The van der Waals surface area contributed by atoms with E-state index in [0.717, 1.165) is 18.6 Å². The van der Waals surface area contributed by atoms with E-state index in [1.165, 1.54) is 16.6 Å². The molecule has 1 aromatic heterocycles. The smallest absolute Gasteiger partial charge is 0.0843 e. The van der Waals surface area contributed by atoms with Crippen molar-refractivity contribution < 1.29 is 0 Å². The zero-order chi connectivity index (χ0) is 10.8. The molecule has 0 saturated carbocycles. The second-order valence-corrected chi connectivity index (χ2v) is 3.89. The van der Waals surface area contributed by atoms with Gasteiger partial charge in [-0.2, -0.15) is 0 Å². The highest BCUT2D eigenvalue weighted by atomic mass is 15.1. The van der Waals surface area contributed by atoms with Crippen LogP contribution in [0.2, 0.25) is 0 Å². The lowest BCUT2D eigenvalue weighted by atomic mass is 10.0. The summed E-state index contributed by atoms with van der Waals surface area (Å²) in [7, 11) is 0. The molecule has 0 bridgehead atoms. The highest BCUT2D eigenvalue weighted by Gasteiger charge is 2.06. The fourth-order valence-electron chi connectivity index (χ4n) is 2.03. The van der Waals surface area contributed by atoms with Crippen LogP contribution in [-0.2, 0) is 6.42 Å². The zero-order valence-corrected chi connectivity index (χ0v) is 8.90. The molecule has 16 heavy (non-hydrogen) atoms. The van der Waals surface area contributed by atoms with Crippen LogP contribution in [0, 0.1) is 0 Å². The van der Waals surface area contributed by atoms with Crippen LogP contribution < -0.4 is 10.6 Å². The molecule has 0 spiro atoms. The van der Waals surface area contributed by atoms with Crippen molar-refractivity contribution in [1.29, 1.82) is 0 Å². The Balaban J connectivity index is 2.02. The minimum Gasteiger partial charge on any atom is -0.372 e. The maximum Gasteiger partial charge on any atom is 0.0843 e. The predicted molar refractivity (Wildman–Crippen MR) is 64.7 cm³/mol. The summed E-state index contributed by atoms with van der Waals surface area (Å²) in [6, 6.07) is 10.4. The van der Waals surface area contributed by atoms with E-state index in [2.05, 4.69) is 33.8 Å². The molecule has 0 unspecified atom stereocenters. The quantitative estimate of drug-likeness (QED) is 0.795. The van der Waals surface area contributed by atoms with Gasteiger partial charge in [-0.15, -0.1) is 0 Å². The standard InChI is InChI=1S/C13H13N3/c1-3-10(7-11-8-14-9-16-11)12-4-2-6-15-13(12)5-1/h1-6,8,14,16H,7,9H2. The van der Waals surface area contributed by atoms with Gasteiger partial charge in [0.1, 0.15) is 0 Å². The molecule has 0 radical (unpaired) electrons. The molecule has 1 aromatic carbocycles. The third kappa shape index (κ3) is 1.60. The van der Waals surface area contributed by atoms with Crippen LogP contribution in [0.15, 0.2) is 48.4 Å². The van der Waals surface area contributed by atoms with Crippen molar-refractivity contribution in [2.75, 3.05) is 6.67 Å². The van der Waals surface area contributed by atoms with Crippen LogP contribution in [0.3, 0.4) is 0 Å². The topological polar surface area (TPSA) is 37.0 Å². The molecule has 3 heteroatoms. The SMILES string of the molecule is C1=C(Cc2cccc3ncccc23)NCN1. The molecule has 1 aliphatic heterocycles. The zero-order valence-electron chi connectivity index (χ0n) is 8.90. The minimum atomic E-state index is 0.832. The fourth-order valence-corrected chi connectivity index (χ4v) is 2.03. The summed E-state index contributed by atoms with van der Waals surface area (Å²) in [6.07, 6.45) is 4.80. The Morgan fingerprint density at radius 2 is 2.19 bits per heavy atom. The number of benzene rings is 1. The van der Waals surface area contributed by atoms with E-state index in [1.54, 1.807) is 0 Å². The minimum absolute atomic E-state index is 0.832. The first kappa shape index (κ1) is 9.21. The van der Waals surface area contributed by atoms with Gasteiger partial charge in [0.15, 0.2) is 0 Å². The van der Waals surface area contributed by atoms with Crippen molar-refractivity contribution in [1.82, 2.24) is 15.6 Å². The Morgan fingerprint density at radius 3 is 3.06 bits per heavy atom. The van der Waals surface area contributed by atoms with E-state index in [1.807, 2.05) is 24.5 Å². The van der Waals surface area contributed by atoms with Gasteiger partial charge in [-0.3, -0.25) is 4.98 Å². The van der Waals surface area contributed by atoms with Crippen molar-refractivity contribution in [3.63, 3.8) is 0 Å². The van der Waals surface area contributed by atoms with Gasteiger partial charge < -0.3 is 10.6 Å². The van der Waals surface area contributed by atoms with E-state index in [9.17, 15) is 0 Å². The first-order chi connectivity index (χ1) is 7.93. The summed E-state index contributed by atoms with van der Waals surface area (Å²) >= 11 is 0. The second kappa shape index (κ2) is 3.85. The molecule has 0 saturated heterocycles. The molecular formula is C13H13N3. The Hall–Kier alpha value is -2.03. The third-order valence-electron chi connectivity index (χ3n) is 2.81. The predicted octanol–water partition coefficient (Wildman–Crippen LogP) is 1.77. The number of pyridine rings is 1. The summed E-state index contributed by atoms with van der Waals surface area (Å²) < 4.78 is 0. The summed E-state index contributed by atoms with van der Waals surface area (Å²) in [5.41, 5.74) is 3.61. The molecule has 0 fully saturated rings. The van der Waals surface area contributed by atoms with E-state index in [4.69, 9.17) is 0 Å². The van der Waals surface area contributed by atoms with Crippen molar-refractivity contribution in [3.05, 3.63) is 54.0 Å². The van der Waals surface area contributed by atoms with Gasteiger partial charge in [-0.1, -0.05) is 18.2 Å². The first-order valence-corrected chi connectivity index (χ1v) is 5.42. The van der Waals surface area contributed by atoms with E-state index in [-0.39, 0.29) is 0 Å². The van der Waals surface area contributed by atoms with Crippen molar-refractivity contribution >= 4 is 10.9 Å². The number of aromatic nitrogens is 1. The molecule has 2 aromatic rings. The van der Waals surface area contributed by atoms with Crippen LogP contribution in [0.4, 0.5) is 0 Å². The molecule has 0 amide bonds.